The van der Waals surface area contributed by atoms with Gasteiger partial charge in [-0.15, -0.1) is 0 Å². The number of rotatable bonds is 4. The summed E-state index contributed by atoms with van der Waals surface area (Å²) >= 11 is 0. The van der Waals surface area contributed by atoms with E-state index in [2.05, 4.69) is 66.1 Å². The van der Waals surface area contributed by atoms with E-state index < -0.39 is 28.7 Å². The number of hydrogen-bond acceptors (Lipinski definition) is 5. The fraction of sp³-hybridized carbons (Fsp3) is 0.0270. The first-order valence-corrected chi connectivity index (χ1v) is 13.8. The average Bonchev–Trinajstić information content (AvgIpc) is 3.37. The van der Waals surface area contributed by atoms with Crippen molar-refractivity contribution in [2.45, 2.75) is 6.92 Å². The molecule has 0 aliphatic rings. The Bertz CT molecular complexity index is 2180. The van der Waals surface area contributed by atoms with E-state index in [4.69, 9.17) is 0 Å². The van der Waals surface area contributed by atoms with E-state index in [1.807, 2.05) is 48.5 Å². The van der Waals surface area contributed by atoms with Crippen molar-refractivity contribution in [3.8, 4) is 67.8 Å². The van der Waals surface area contributed by atoms with Gasteiger partial charge in [0.2, 0.25) is 17.2 Å². The lowest BCUT2D eigenvalue weighted by molar-refractivity contribution is 0.330. The maximum Gasteiger partial charge on any atom is 0.208 e. The van der Waals surface area contributed by atoms with Gasteiger partial charge < -0.3 is 30.1 Å². The number of phenols is 5. The molecular formula is C37H27NO5. The topological polar surface area (TPSA) is 106 Å². The third-order valence-corrected chi connectivity index (χ3v) is 8.01. The third-order valence-electron chi connectivity index (χ3n) is 8.01. The largest absolute Gasteiger partial charge is 0.504 e. The maximum atomic E-state index is 10.7. The molecule has 6 aromatic carbocycles. The van der Waals surface area contributed by atoms with Crippen LogP contribution in [0.25, 0.3) is 60.9 Å². The Labute approximate surface area is 247 Å². The maximum absolute atomic E-state index is 10.7. The predicted octanol–water partition coefficient (Wildman–Crippen LogP) is 8.62. The van der Waals surface area contributed by atoms with Gasteiger partial charge in [-0.1, -0.05) is 96.6 Å². The van der Waals surface area contributed by atoms with Crippen LogP contribution in [0.1, 0.15) is 5.56 Å². The summed E-state index contributed by atoms with van der Waals surface area (Å²) < 4.78 is 2.23. The third kappa shape index (κ3) is 4.11. The zero-order valence-corrected chi connectivity index (χ0v) is 23.2. The summed E-state index contributed by atoms with van der Waals surface area (Å²) in [5.41, 5.74) is 8.04. The molecule has 0 aliphatic carbocycles. The van der Waals surface area contributed by atoms with E-state index in [1.165, 1.54) is 5.56 Å². The fourth-order valence-corrected chi connectivity index (χ4v) is 5.96. The zero-order valence-electron chi connectivity index (χ0n) is 23.2. The van der Waals surface area contributed by atoms with Crippen molar-refractivity contribution in [2.24, 2.45) is 0 Å². The molecule has 0 saturated carbocycles. The molecule has 0 amide bonds. The summed E-state index contributed by atoms with van der Waals surface area (Å²) in [4.78, 5) is 0. The first-order valence-electron chi connectivity index (χ1n) is 13.8. The number of phenolic OH excluding ortho intramolecular Hbond substituents is 5. The molecule has 5 N–H and O–H groups in total. The average molecular weight is 566 g/mol. The molecule has 7 rings (SSSR count). The van der Waals surface area contributed by atoms with Gasteiger partial charge in [-0.2, -0.15) is 0 Å². The Morgan fingerprint density at radius 3 is 1.81 bits per heavy atom. The van der Waals surface area contributed by atoms with E-state index in [1.54, 1.807) is 12.1 Å². The van der Waals surface area contributed by atoms with Crippen LogP contribution in [0.5, 0.6) is 28.7 Å². The van der Waals surface area contributed by atoms with Gasteiger partial charge >= 0.3 is 0 Å². The highest BCUT2D eigenvalue weighted by molar-refractivity contribution is 6.10. The van der Waals surface area contributed by atoms with Crippen LogP contribution in [0, 0.1) is 6.92 Å². The summed E-state index contributed by atoms with van der Waals surface area (Å²) in [5.74, 6) is -4.29. The van der Waals surface area contributed by atoms with Gasteiger partial charge in [-0.25, -0.2) is 0 Å². The fourth-order valence-electron chi connectivity index (χ4n) is 5.96. The Morgan fingerprint density at radius 1 is 0.442 bits per heavy atom. The Morgan fingerprint density at radius 2 is 1.05 bits per heavy atom. The molecule has 0 radical (unpaired) electrons. The summed E-state index contributed by atoms with van der Waals surface area (Å²) in [6.07, 6.45) is 0. The van der Waals surface area contributed by atoms with Crippen molar-refractivity contribution in [3.63, 3.8) is 0 Å². The van der Waals surface area contributed by atoms with Crippen molar-refractivity contribution in [2.75, 3.05) is 0 Å². The molecule has 7 aromatic rings. The molecule has 0 bridgehead atoms. The van der Waals surface area contributed by atoms with Gasteiger partial charge in [0.05, 0.1) is 16.6 Å². The van der Waals surface area contributed by atoms with E-state index in [9.17, 15) is 25.5 Å². The summed E-state index contributed by atoms with van der Waals surface area (Å²) in [5, 5.41) is 54.0. The van der Waals surface area contributed by atoms with Gasteiger partial charge in [0.1, 0.15) is 0 Å². The van der Waals surface area contributed by atoms with Crippen LogP contribution in [0.4, 0.5) is 0 Å². The van der Waals surface area contributed by atoms with E-state index in [0.717, 1.165) is 44.2 Å². The normalized spacial score (nSPS) is 11.4. The molecule has 1 heterocycles. The monoisotopic (exact) mass is 565 g/mol. The summed E-state index contributed by atoms with van der Waals surface area (Å²) in [6.45, 7) is 2.09. The van der Waals surface area contributed by atoms with Crippen LogP contribution < -0.4 is 0 Å². The lowest BCUT2D eigenvalue weighted by Gasteiger charge is -2.17. The first kappa shape index (κ1) is 26.0. The molecule has 1 aromatic heterocycles. The van der Waals surface area contributed by atoms with E-state index in [0.29, 0.717) is 11.1 Å². The van der Waals surface area contributed by atoms with Crippen LogP contribution in [-0.2, 0) is 0 Å². The number of hydrogen-bond donors (Lipinski definition) is 5. The first-order chi connectivity index (χ1) is 20.8. The van der Waals surface area contributed by atoms with Gasteiger partial charge in [0, 0.05) is 16.5 Å². The smallest absolute Gasteiger partial charge is 0.208 e. The van der Waals surface area contributed by atoms with Gasteiger partial charge in [0.15, 0.2) is 11.5 Å². The highest BCUT2D eigenvalue weighted by Gasteiger charge is 2.26. The predicted molar refractivity (Wildman–Crippen MR) is 170 cm³/mol. The van der Waals surface area contributed by atoms with Crippen LogP contribution in [-0.4, -0.2) is 30.1 Å². The van der Waals surface area contributed by atoms with Gasteiger partial charge in [0.25, 0.3) is 0 Å². The van der Waals surface area contributed by atoms with Crippen molar-refractivity contribution in [1.29, 1.82) is 0 Å². The minimum atomic E-state index is -0.991. The minimum absolute atomic E-state index is 0.187. The lowest BCUT2D eigenvalue weighted by Crippen LogP contribution is -1.95. The number of aryl methyl sites for hydroxylation is 1. The molecule has 43 heavy (non-hydrogen) atoms. The molecule has 6 nitrogen and oxygen atoms in total. The molecule has 0 unspecified atom stereocenters. The van der Waals surface area contributed by atoms with Crippen LogP contribution in [0.2, 0.25) is 0 Å². The molecule has 0 aliphatic heterocycles. The minimum Gasteiger partial charge on any atom is -0.504 e. The molecule has 0 atom stereocenters. The van der Waals surface area contributed by atoms with Crippen LogP contribution in [0.15, 0.2) is 115 Å². The summed E-state index contributed by atoms with van der Waals surface area (Å²) in [7, 11) is 0. The highest BCUT2D eigenvalue weighted by atomic mass is 16.4. The highest BCUT2D eigenvalue weighted by Crippen LogP contribution is 2.56. The Hall–Kier alpha value is -5.88. The molecular weight excluding hydrogens is 538 g/mol. The van der Waals surface area contributed by atoms with Gasteiger partial charge in [-0.3, -0.25) is 0 Å². The second-order valence-corrected chi connectivity index (χ2v) is 10.7. The second kappa shape index (κ2) is 9.89. The van der Waals surface area contributed by atoms with Gasteiger partial charge in [-0.05, 0) is 59.0 Å². The number of nitrogens with zero attached hydrogens (tertiary/aromatic N) is 1. The molecule has 0 spiro atoms. The zero-order chi connectivity index (χ0) is 29.8. The Kier molecular flexibility index (Phi) is 5.99. The van der Waals surface area contributed by atoms with Crippen molar-refractivity contribution in [3.05, 3.63) is 121 Å². The number of benzene rings is 6. The van der Waals surface area contributed by atoms with Crippen molar-refractivity contribution in [1.82, 2.24) is 4.57 Å². The quantitative estimate of drug-likeness (QED) is 0.109. The number of aromatic nitrogens is 1. The number of fused-ring (bicyclic) bond motifs is 3. The standard InChI is InChI=1S/C37H27NO5/c1-21-8-6-9-22(18-21)23-16-17-28-27-13-4-5-15-30(27)38(31(28)20-23)25-11-7-10-24(19-25)26-12-2-3-14-29(26)32-33(39)35(41)37(43)36(42)34(32)40/h2-20,39-43H,1H3. The van der Waals surface area contributed by atoms with E-state index in [-0.39, 0.29) is 5.56 Å². The lowest BCUT2D eigenvalue weighted by atomic mass is 9.92. The van der Waals surface area contributed by atoms with Crippen LogP contribution in [0.3, 0.4) is 0 Å². The molecule has 210 valence electrons. The molecule has 6 heteroatoms. The second-order valence-electron chi connectivity index (χ2n) is 10.7. The van der Waals surface area contributed by atoms with Crippen molar-refractivity contribution < 1.29 is 25.5 Å². The number of aromatic hydroxyl groups is 5. The van der Waals surface area contributed by atoms with Crippen LogP contribution >= 0.6 is 0 Å². The Balaban J connectivity index is 1.45. The molecule has 0 fully saturated rings. The van der Waals surface area contributed by atoms with E-state index >= 15 is 0 Å². The SMILES string of the molecule is Cc1cccc(-c2ccc3c4ccccc4n(-c4cccc(-c5ccccc5-c5c(O)c(O)c(O)c(O)c5O)c4)c3c2)c1. The molecule has 0 saturated heterocycles. The van der Waals surface area contributed by atoms with Crippen molar-refractivity contribution >= 4 is 21.8 Å². The number of para-hydroxylation sites is 1. The summed E-state index contributed by atoms with van der Waals surface area (Å²) in [6, 6.07) is 38.2.